The van der Waals surface area contributed by atoms with Gasteiger partial charge in [-0.05, 0) is 25.7 Å². The molecule has 0 bridgehead atoms. The molecular weight excluding hydrogens is 232 g/mol. The highest BCUT2D eigenvalue weighted by Gasteiger charge is 2.34. The molecule has 1 aliphatic carbocycles. The summed E-state index contributed by atoms with van der Waals surface area (Å²) in [5.41, 5.74) is 0. The van der Waals surface area contributed by atoms with Gasteiger partial charge in [0.15, 0.2) is 6.29 Å². The van der Waals surface area contributed by atoms with E-state index in [-0.39, 0.29) is 6.29 Å². The molecular formula is C13H24N2O3. The van der Waals surface area contributed by atoms with Crippen LogP contribution in [0, 0.1) is 5.92 Å². The maximum atomic E-state index is 11.9. The summed E-state index contributed by atoms with van der Waals surface area (Å²) in [6.45, 7) is 2.48. The highest BCUT2D eigenvalue weighted by Crippen LogP contribution is 2.31. The van der Waals surface area contributed by atoms with Crippen LogP contribution in [0.4, 0.5) is 0 Å². The van der Waals surface area contributed by atoms with Crippen molar-refractivity contribution in [2.75, 3.05) is 33.9 Å². The number of piperidine rings is 1. The Morgan fingerprint density at radius 3 is 2.33 bits per heavy atom. The largest absolute Gasteiger partial charge is 0.355 e. The van der Waals surface area contributed by atoms with Crippen LogP contribution in [0.2, 0.25) is 0 Å². The van der Waals surface area contributed by atoms with Crippen LogP contribution in [0.1, 0.15) is 25.7 Å². The van der Waals surface area contributed by atoms with Gasteiger partial charge in [-0.3, -0.25) is 4.79 Å². The Labute approximate surface area is 109 Å². The fraction of sp³-hybridized carbons (Fsp3) is 0.923. The highest BCUT2D eigenvalue weighted by molar-refractivity contribution is 5.81. The van der Waals surface area contributed by atoms with Crippen LogP contribution in [0.15, 0.2) is 0 Å². The lowest BCUT2D eigenvalue weighted by molar-refractivity contribution is -0.133. The number of methoxy groups -OCH3 is 2. The van der Waals surface area contributed by atoms with E-state index in [4.69, 9.17) is 9.47 Å². The predicted molar refractivity (Wildman–Crippen MR) is 68.1 cm³/mol. The summed E-state index contributed by atoms with van der Waals surface area (Å²) in [5, 5.41) is 3.44. The van der Waals surface area contributed by atoms with Crippen molar-refractivity contribution in [1.82, 2.24) is 10.2 Å². The Morgan fingerprint density at radius 1 is 1.22 bits per heavy atom. The van der Waals surface area contributed by atoms with Crippen molar-refractivity contribution in [2.24, 2.45) is 5.92 Å². The van der Waals surface area contributed by atoms with E-state index >= 15 is 0 Å². The van der Waals surface area contributed by atoms with E-state index in [1.165, 1.54) is 0 Å². The minimum Gasteiger partial charge on any atom is -0.355 e. The zero-order chi connectivity index (χ0) is 13.0. The Bertz CT molecular complexity index is 269. The van der Waals surface area contributed by atoms with Crippen molar-refractivity contribution in [3.63, 3.8) is 0 Å². The monoisotopic (exact) mass is 256 g/mol. The van der Waals surface area contributed by atoms with Crippen LogP contribution in [0.5, 0.6) is 0 Å². The van der Waals surface area contributed by atoms with E-state index in [1.807, 2.05) is 4.90 Å². The summed E-state index contributed by atoms with van der Waals surface area (Å²) in [6, 6.07) is 0.473. The molecule has 0 atom stereocenters. The second-order valence-corrected chi connectivity index (χ2v) is 5.18. The molecule has 0 aromatic heterocycles. The van der Waals surface area contributed by atoms with Gasteiger partial charge in [0.1, 0.15) is 0 Å². The number of carbonyl (C=O) groups excluding carboxylic acids is 1. The molecule has 1 saturated heterocycles. The van der Waals surface area contributed by atoms with Crippen LogP contribution in [0.3, 0.4) is 0 Å². The minimum absolute atomic E-state index is 0.184. The van der Waals surface area contributed by atoms with Crippen LogP contribution < -0.4 is 5.32 Å². The Balaban J connectivity index is 1.65. The zero-order valence-corrected chi connectivity index (χ0v) is 11.4. The van der Waals surface area contributed by atoms with Crippen LogP contribution in [0.25, 0.3) is 0 Å². The molecule has 0 aromatic rings. The zero-order valence-electron chi connectivity index (χ0n) is 11.4. The summed E-state index contributed by atoms with van der Waals surface area (Å²) in [6.07, 6.45) is 4.06. The molecule has 0 spiro atoms. The van der Waals surface area contributed by atoms with E-state index in [2.05, 4.69) is 5.32 Å². The van der Waals surface area contributed by atoms with E-state index in [0.717, 1.165) is 38.8 Å². The van der Waals surface area contributed by atoms with E-state index in [9.17, 15) is 4.79 Å². The van der Waals surface area contributed by atoms with E-state index < -0.39 is 0 Å². The van der Waals surface area contributed by atoms with Gasteiger partial charge in [-0.2, -0.15) is 0 Å². The quantitative estimate of drug-likeness (QED) is 0.707. The number of hydrogen-bond acceptors (Lipinski definition) is 4. The van der Waals surface area contributed by atoms with Gasteiger partial charge in [-0.15, -0.1) is 0 Å². The van der Waals surface area contributed by atoms with Gasteiger partial charge in [-0.25, -0.2) is 0 Å². The first-order valence-electron chi connectivity index (χ1n) is 6.82. The predicted octanol–water partition coefficient (Wildman–Crippen LogP) is 0.596. The normalized spacial score (nSPS) is 21.6. The molecule has 1 saturated carbocycles. The van der Waals surface area contributed by atoms with Gasteiger partial charge >= 0.3 is 0 Å². The molecule has 1 heterocycles. The third-order valence-corrected chi connectivity index (χ3v) is 3.83. The van der Waals surface area contributed by atoms with Crippen LogP contribution >= 0.6 is 0 Å². The molecule has 0 aromatic carbocycles. The Kier molecular flexibility index (Phi) is 4.97. The number of likely N-dealkylation sites (tertiary alicyclic amines) is 1. The lowest BCUT2D eigenvalue weighted by Gasteiger charge is -2.33. The van der Waals surface area contributed by atoms with Crippen molar-refractivity contribution >= 4 is 5.91 Å². The SMILES string of the molecule is COC(CNC1CCN(C(=O)C2CC2)CC1)OC. The molecule has 1 N–H and O–H groups in total. The fourth-order valence-electron chi connectivity index (χ4n) is 2.42. The smallest absolute Gasteiger partial charge is 0.225 e. The maximum absolute atomic E-state index is 11.9. The van der Waals surface area contributed by atoms with E-state index in [1.54, 1.807) is 14.2 Å². The van der Waals surface area contributed by atoms with Gasteiger partial charge in [0, 0.05) is 45.8 Å². The summed E-state index contributed by atoms with van der Waals surface area (Å²) in [4.78, 5) is 13.9. The first kappa shape index (κ1) is 13.8. The van der Waals surface area contributed by atoms with Crippen LogP contribution in [-0.4, -0.2) is 57.0 Å². The van der Waals surface area contributed by atoms with Crippen molar-refractivity contribution in [1.29, 1.82) is 0 Å². The van der Waals surface area contributed by atoms with Crippen LogP contribution in [-0.2, 0) is 14.3 Å². The van der Waals surface area contributed by atoms with Gasteiger partial charge in [0.05, 0.1) is 0 Å². The number of nitrogens with zero attached hydrogens (tertiary/aromatic N) is 1. The number of carbonyl (C=O) groups is 1. The number of hydrogen-bond donors (Lipinski definition) is 1. The third-order valence-electron chi connectivity index (χ3n) is 3.83. The highest BCUT2D eigenvalue weighted by atomic mass is 16.7. The van der Waals surface area contributed by atoms with Gasteiger partial charge in [-0.1, -0.05) is 0 Å². The van der Waals surface area contributed by atoms with Gasteiger partial charge in [0.2, 0.25) is 5.91 Å². The molecule has 2 fully saturated rings. The molecule has 104 valence electrons. The topological polar surface area (TPSA) is 50.8 Å². The first-order valence-corrected chi connectivity index (χ1v) is 6.82. The van der Waals surface area contributed by atoms with Gasteiger partial charge in [0.25, 0.3) is 0 Å². The molecule has 5 heteroatoms. The summed E-state index contributed by atoms with van der Waals surface area (Å²) in [7, 11) is 3.29. The summed E-state index contributed by atoms with van der Waals surface area (Å²) >= 11 is 0. The average molecular weight is 256 g/mol. The van der Waals surface area contributed by atoms with Crippen molar-refractivity contribution in [3.05, 3.63) is 0 Å². The molecule has 5 nitrogen and oxygen atoms in total. The maximum Gasteiger partial charge on any atom is 0.225 e. The molecule has 1 aliphatic heterocycles. The fourth-order valence-corrected chi connectivity index (χ4v) is 2.42. The van der Waals surface area contributed by atoms with E-state index in [0.29, 0.717) is 24.4 Å². The number of ether oxygens (including phenoxy) is 2. The summed E-state index contributed by atoms with van der Waals surface area (Å²) < 4.78 is 10.3. The van der Waals surface area contributed by atoms with Crippen molar-refractivity contribution < 1.29 is 14.3 Å². The lowest BCUT2D eigenvalue weighted by Crippen LogP contribution is -2.47. The number of rotatable bonds is 6. The minimum atomic E-state index is -0.184. The van der Waals surface area contributed by atoms with Crippen molar-refractivity contribution in [2.45, 2.75) is 38.0 Å². The van der Waals surface area contributed by atoms with Crippen molar-refractivity contribution in [3.8, 4) is 0 Å². The third kappa shape index (κ3) is 3.67. The molecule has 18 heavy (non-hydrogen) atoms. The Hall–Kier alpha value is -0.650. The first-order chi connectivity index (χ1) is 8.74. The second-order valence-electron chi connectivity index (χ2n) is 5.18. The molecule has 1 amide bonds. The standard InChI is InChI=1S/C13H24N2O3/c1-17-12(18-2)9-14-11-5-7-15(8-6-11)13(16)10-3-4-10/h10-12,14H,3-9H2,1-2H3. The lowest BCUT2D eigenvalue weighted by atomic mass is 10.0. The molecule has 0 radical (unpaired) electrons. The molecule has 0 unspecified atom stereocenters. The number of nitrogens with one attached hydrogen (secondary N) is 1. The molecule has 2 aliphatic rings. The average Bonchev–Trinajstić information content (AvgIpc) is 3.24. The summed E-state index contributed by atoms with van der Waals surface area (Å²) in [5.74, 6) is 0.723. The Morgan fingerprint density at radius 2 is 1.83 bits per heavy atom. The van der Waals surface area contributed by atoms with Gasteiger partial charge < -0.3 is 19.7 Å². The second kappa shape index (κ2) is 6.50. The number of amides is 1. The molecule has 2 rings (SSSR count).